The molecule has 1 aromatic carbocycles. The molecule has 106 valence electrons. The van der Waals surface area contributed by atoms with Gasteiger partial charge in [0.15, 0.2) is 0 Å². The Balaban J connectivity index is 2.03. The fraction of sp³-hybridized carbons (Fsp3) is 0.400. The molecule has 0 unspecified atom stereocenters. The van der Waals surface area contributed by atoms with Gasteiger partial charge in [0.05, 0.1) is 11.3 Å². The Morgan fingerprint density at radius 1 is 1.40 bits per heavy atom. The summed E-state index contributed by atoms with van der Waals surface area (Å²) in [6.07, 6.45) is 2.17. The number of nitrogens with one attached hydrogen (secondary N) is 1. The van der Waals surface area contributed by atoms with E-state index in [-0.39, 0.29) is 5.91 Å². The average molecular weight is 307 g/mol. The number of carbonyl (C=O) groups is 1. The summed E-state index contributed by atoms with van der Waals surface area (Å²) in [4.78, 5) is 14.0. The van der Waals surface area contributed by atoms with Gasteiger partial charge in [-0.05, 0) is 12.5 Å². The summed E-state index contributed by atoms with van der Waals surface area (Å²) in [6.45, 7) is 3.62. The highest BCUT2D eigenvalue weighted by atomic mass is 32.2. The van der Waals surface area contributed by atoms with Gasteiger partial charge in [-0.2, -0.15) is 0 Å². The lowest BCUT2D eigenvalue weighted by atomic mass is 10.2. The standard InChI is InChI=1S/C15H17NO2S2/c1-2-3-8-18-11-6-4-5-10-12(11)20-14-13(10)19-9-7-16-15(14)17/h4-6H,2-3,7-9H2,1H3,(H,16,17). The summed E-state index contributed by atoms with van der Waals surface area (Å²) >= 11 is 3.31. The summed E-state index contributed by atoms with van der Waals surface area (Å²) in [6, 6.07) is 6.10. The van der Waals surface area contributed by atoms with Crippen LogP contribution in [0.25, 0.3) is 10.1 Å². The zero-order valence-corrected chi connectivity index (χ0v) is 13.0. The van der Waals surface area contributed by atoms with Gasteiger partial charge >= 0.3 is 0 Å². The first-order valence-corrected chi connectivity index (χ1v) is 8.70. The third-order valence-corrected chi connectivity index (χ3v) is 5.70. The number of thiophene rings is 1. The summed E-state index contributed by atoms with van der Waals surface area (Å²) in [5.74, 6) is 1.87. The first kappa shape index (κ1) is 13.8. The van der Waals surface area contributed by atoms with Crippen LogP contribution >= 0.6 is 23.1 Å². The zero-order valence-electron chi connectivity index (χ0n) is 11.4. The van der Waals surface area contributed by atoms with Crippen molar-refractivity contribution >= 4 is 39.1 Å². The predicted molar refractivity (Wildman–Crippen MR) is 85.3 cm³/mol. The Morgan fingerprint density at radius 3 is 3.15 bits per heavy atom. The van der Waals surface area contributed by atoms with Gasteiger partial charge in [0.25, 0.3) is 5.91 Å². The Labute approximate surface area is 126 Å². The van der Waals surface area contributed by atoms with Gasteiger partial charge in [0.1, 0.15) is 10.6 Å². The number of hydrogen-bond acceptors (Lipinski definition) is 4. The molecule has 3 rings (SSSR count). The van der Waals surface area contributed by atoms with E-state index in [1.54, 1.807) is 23.1 Å². The SMILES string of the molecule is CCCCOc1cccc2c3c(sc12)C(=O)NCCS3. The number of benzene rings is 1. The molecule has 0 bridgehead atoms. The zero-order chi connectivity index (χ0) is 13.9. The largest absolute Gasteiger partial charge is 0.492 e. The van der Waals surface area contributed by atoms with Gasteiger partial charge < -0.3 is 10.1 Å². The van der Waals surface area contributed by atoms with Crippen LogP contribution in [0.15, 0.2) is 23.1 Å². The molecule has 0 spiro atoms. The maximum Gasteiger partial charge on any atom is 0.262 e. The second kappa shape index (κ2) is 6.06. The molecule has 0 saturated heterocycles. The molecule has 0 aliphatic carbocycles. The van der Waals surface area contributed by atoms with Gasteiger partial charge in [-0.15, -0.1) is 23.1 Å². The normalized spacial score (nSPS) is 14.8. The fourth-order valence-corrected chi connectivity index (χ4v) is 4.60. The van der Waals surface area contributed by atoms with Gasteiger partial charge in [-0.1, -0.05) is 25.5 Å². The van der Waals surface area contributed by atoms with E-state index in [0.717, 1.165) is 57.4 Å². The maximum absolute atomic E-state index is 12.1. The third-order valence-electron chi connectivity index (χ3n) is 3.23. The molecule has 20 heavy (non-hydrogen) atoms. The number of amides is 1. The molecule has 0 radical (unpaired) electrons. The summed E-state index contributed by atoms with van der Waals surface area (Å²) in [5, 5.41) is 4.10. The molecule has 1 aliphatic rings. The quantitative estimate of drug-likeness (QED) is 0.870. The van der Waals surface area contributed by atoms with Gasteiger partial charge in [-0.25, -0.2) is 0 Å². The lowest BCUT2D eigenvalue weighted by Crippen LogP contribution is -2.22. The number of thioether (sulfide) groups is 1. The van der Waals surface area contributed by atoms with E-state index < -0.39 is 0 Å². The topological polar surface area (TPSA) is 38.3 Å². The van der Waals surface area contributed by atoms with E-state index in [1.165, 1.54) is 0 Å². The molecule has 1 aromatic heterocycles. The number of hydrogen-bond donors (Lipinski definition) is 1. The lowest BCUT2D eigenvalue weighted by Gasteiger charge is -2.06. The molecule has 0 atom stereocenters. The minimum absolute atomic E-state index is 0.0470. The number of unbranched alkanes of at least 4 members (excludes halogenated alkanes) is 1. The van der Waals surface area contributed by atoms with Crippen LogP contribution in [0.4, 0.5) is 0 Å². The summed E-state index contributed by atoms with van der Waals surface area (Å²) in [7, 11) is 0. The summed E-state index contributed by atoms with van der Waals surface area (Å²) < 4.78 is 6.97. The van der Waals surface area contributed by atoms with Crippen molar-refractivity contribution in [2.24, 2.45) is 0 Å². The molecule has 2 aromatic rings. The Bertz CT molecular complexity index is 636. The number of rotatable bonds is 4. The van der Waals surface area contributed by atoms with Crippen molar-refractivity contribution in [3.05, 3.63) is 23.1 Å². The Kier molecular flexibility index (Phi) is 4.17. The van der Waals surface area contributed by atoms with Crippen LogP contribution in [-0.4, -0.2) is 24.8 Å². The first-order valence-electron chi connectivity index (χ1n) is 6.90. The van der Waals surface area contributed by atoms with Crippen molar-refractivity contribution in [3.63, 3.8) is 0 Å². The molecule has 1 N–H and O–H groups in total. The minimum atomic E-state index is 0.0470. The Hall–Kier alpha value is -1.20. The van der Waals surface area contributed by atoms with Crippen LogP contribution in [0, 0.1) is 0 Å². The highest BCUT2D eigenvalue weighted by molar-refractivity contribution is 7.99. The monoisotopic (exact) mass is 307 g/mol. The third kappa shape index (κ3) is 2.52. The van der Waals surface area contributed by atoms with E-state index in [1.807, 2.05) is 12.1 Å². The molecule has 2 heterocycles. The molecule has 1 aliphatic heterocycles. The van der Waals surface area contributed by atoms with Gasteiger partial charge in [0.2, 0.25) is 0 Å². The van der Waals surface area contributed by atoms with Crippen molar-refractivity contribution < 1.29 is 9.53 Å². The minimum Gasteiger partial charge on any atom is -0.492 e. The van der Waals surface area contributed by atoms with E-state index >= 15 is 0 Å². The van der Waals surface area contributed by atoms with Crippen LogP contribution < -0.4 is 10.1 Å². The van der Waals surface area contributed by atoms with Crippen LogP contribution in [0.3, 0.4) is 0 Å². The lowest BCUT2D eigenvalue weighted by molar-refractivity contribution is 0.0959. The molecule has 5 heteroatoms. The van der Waals surface area contributed by atoms with Crippen LogP contribution in [0.2, 0.25) is 0 Å². The van der Waals surface area contributed by atoms with Gasteiger partial charge in [0, 0.05) is 22.6 Å². The van der Waals surface area contributed by atoms with Crippen molar-refractivity contribution in [2.75, 3.05) is 18.9 Å². The summed E-state index contributed by atoms with van der Waals surface area (Å²) in [5.41, 5.74) is 0. The van der Waals surface area contributed by atoms with Crippen molar-refractivity contribution in [2.45, 2.75) is 24.7 Å². The molecular formula is C15H17NO2S2. The smallest absolute Gasteiger partial charge is 0.262 e. The highest BCUT2D eigenvalue weighted by Gasteiger charge is 2.22. The van der Waals surface area contributed by atoms with E-state index in [0.29, 0.717) is 0 Å². The first-order chi connectivity index (χ1) is 9.81. The maximum atomic E-state index is 12.1. The predicted octanol–water partition coefficient (Wildman–Crippen LogP) is 3.92. The van der Waals surface area contributed by atoms with E-state index in [2.05, 4.69) is 18.3 Å². The van der Waals surface area contributed by atoms with E-state index in [9.17, 15) is 4.79 Å². The molecular weight excluding hydrogens is 290 g/mol. The van der Waals surface area contributed by atoms with E-state index in [4.69, 9.17) is 4.74 Å². The highest BCUT2D eigenvalue weighted by Crippen LogP contribution is 2.43. The molecule has 1 amide bonds. The number of ether oxygens (including phenoxy) is 1. The van der Waals surface area contributed by atoms with Gasteiger partial charge in [-0.3, -0.25) is 4.79 Å². The van der Waals surface area contributed by atoms with Crippen molar-refractivity contribution in [1.82, 2.24) is 5.32 Å². The average Bonchev–Trinajstić information content (AvgIpc) is 2.74. The second-order valence-corrected chi connectivity index (χ2v) is 6.83. The number of fused-ring (bicyclic) bond motifs is 3. The fourth-order valence-electron chi connectivity index (χ4n) is 2.20. The van der Waals surface area contributed by atoms with Crippen LogP contribution in [-0.2, 0) is 0 Å². The Morgan fingerprint density at radius 2 is 2.30 bits per heavy atom. The van der Waals surface area contributed by atoms with Crippen LogP contribution in [0.1, 0.15) is 29.4 Å². The van der Waals surface area contributed by atoms with Crippen molar-refractivity contribution in [1.29, 1.82) is 0 Å². The molecule has 0 fully saturated rings. The number of carbonyl (C=O) groups excluding carboxylic acids is 1. The second-order valence-electron chi connectivity index (χ2n) is 4.70. The van der Waals surface area contributed by atoms with Crippen LogP contribution in [0.5, 0.6) is 5.75 Å². The van der Waals surface area contributed by atoms with Crippen molar-refractivity contribution in [3.8, 4) is 5.75 Å². The molecule has 0 saturated carbocycles. The molecule has 3 nitrogen and oxygen atoms in total.